The van der Waals surface area contributed by atoms with Crippen molar-refractivity contribution in [3.8, 4) is 11.5 Å². The van der Waals surface area contributed by atoms with Gasteiger partial charge in [0.15, 0.2) is 16.7 Å². The molecule has 186 valence electrons. The molecule has 0 aromatic heterocycles. The van der Waals surface area contributed by atoms with Crippen LogP contribution in [0.3, 0.4) is 0 Å². The monoisotopic (exact) mass is 540 g/mol. The average Bonchev–Trinajstić information content (AvgIpc) is 3.16. The Balaban J connectivity index is 1.56. The van der Waals surface area contributed by atoms with Crippen LogP contribution in [0.15, 0.2) is 64.5 Å². The molecule has 0 radical (unpaired) electrons. The summed E-state index contributed by atoms with van der Waals surface area (Å²) in [5, 5.41) is 1.66. The van der Waals surface area contributed by atoms with Gasteiger partial charge in [-0.05, 0) is 85.1 Å². The van der Waals surface area contributed by atoms with Gasteiger partial charge in [0.2, 0.25) is 0 Å². The molecule has 1 saturated heterocycles. The molecule has 0 atom stereocenters. The molecule has 1 amide bonds. The summed E-state index contributed by atoms with van der Waals surface area (Å²) < 4.78 is 11.5. The number of likely N-dealkylation sites (N-methyl/N-ethyl adjacent to an activating group) is 1. The molecule has 4 rings (SSSR count). The summed E-state index contributed by atoms with van der Waals surface area (Å²) in [5.74, 6) is 1.09. The number of hydrogen-bond donors (Lipinski definition) is 0. The van der Waals surface area contributed by atoms with E-state index in [1.54, 1.807) is 24.1 Å². The number of carbonyl (C=O) groups excluding carboxylic acids is 1. The molecule has 5 nitrogen and oxygen atoms in total. The molecular weight excluding hydrogens is 515 g/mol. The van der Waals surface area contributed by atoms with Gasteiger partial charge in [-0.2, -0.15) is 0 Å². The van der Waals surface area contributed by atoms with Crippen molar-refractivity contribution in [2.45, 2.75) is 27.4 Å². The zero-order valence-corrected chi connectivity index (χ0v) is 22.8. The van der Waals surface area contributed by atoms with E-state index in [9.17, 15) is 4.79 Å². The Bertz CT molecular complexity index is 1350. The SMILES string of the molecule is CCN1C(=O)/C(=C\c2ccc(OCc3ccc(Cl)c(Cl)c3)c(OC)c2)SC1=Nc1c(C)cccc1C. The summed E-state index contributed by atoms with van der Waals surface area (Å²) in [4.78, 5) is 20.3. The van der Waals surface area contributed by atoms with Crippen LogP contribution >= 0.6 is 35.0 Å². The Morgan fingerprint density at radius 2 is 1.75 bits per heavy atom. The van der Waals surface area contributed by atoms with Gasteiger partial charge in [-0.1, -0.05) is 53.5 Å². The number of hydrogen-bond acceptors (Lipinski definition) is 5. The first kappa shape index (κ1) is 26.1. The topological polar surface area (TPSA) is 51.1 Å². The molecule has 0 unspecified atom stereocenters. The molecule has 3 aromatic rings. The van der Waals surface area contributed by atoms with Gasteiger partial charge in [0.25, 0.3) is 5.91 Å². The fraction of sp³-hybridized carbons (Fsp3) is 0.214. The van der Waals surface area contributed by atoms with Crippen molar-refractivity contribution in [3.05, 3.63) is 91.8 Å². The maximum atomic E-state index is 13.1. The van der Waals surface area contributed by atoms with Crippen molar-refractivity contribution in [1.82, 2.24) is 4.90 Å². The minimum Gasteiger partial charge on any atom is -0.493 e. The zero-order valence-electron chi connectivity index (χ0n) is 20.5. The standard InChI is InChI=1S/C28H26Cl2N2O3S/c1-5-32-27(33)25(36-28(32)31-26-17(2)7-6-8-18(26)3)15-19-10-12-23(24(14-19)34-4)35-16-20-9-11-21(29)22(30)13-20/h6-15H,5,16H2,1-4H3/b25-15+,31-28?. The molecule has 0 saturated carbocycles. The number of carbonyl (C=O) groups is 1. The van der Waals surface area contributed by atoms with Crippen molar-refractivity contribution < 1.29 is 14.3 Å². The molecular formula is C28H26Cl2N2O3S. The number of para-hydroxylation sites is 1. The minimum atomic E-state index is -0.0635. The van der Waals surface area contributed by atoms with Crippen molar-refractivity contribution in [2.75, 3.05) is 13.7 Å². The molecule has 1 heterocycles. The van der Waals surface area contributed by atoms with Gasteiger partial charge in [-0.15, -0.1) is 0 Å². The van der Waals surface area contributed by atoms with Gasteiger partial charge in [-0.3, -0.25) is 9.69 Å². The lowest BCUT2D eigenvalue weighted by Gasteiger charge is -2.13. The van der Waals surface area contributed by atoms with Crippen molar-refractivity contribution in [2.24, 2.45) is 4.99 Å². The van der Waals surface area contributed by atoms with Crippen LogP contribution in [0.1, 0.15) is 29.2 Å². The highest BCUT2D eigenvalue weighted by atomic mass is 35.5. The number of nitrogens with zero attached hydrogens (tertiary/aromatic N) is 2. The van der Waals surface area contributed by atoms with Crippen molar-refractivity contribution in [3.63, 3.8) is 0 Å². The number of aryl methyl sites for hydroxylation is 2. The van der Waals surface area contributed by atoms with E-state index in [4.69, 9.17) is 37.7 Å². The zero-order chi connectivity index (χ0) is 25.8. The quantitative estimate of drug-likeness (QED) is 0.286. The first-order chi connectivity index (χ1) is 17.3. The number of methoxy groups -OCH3 is 1. The molecule has 36 heavy (non-hydrogen) atoms. The molecule has 1 fully saturated rings. The molecule has 0 spiro atoms. The van der Waals surface area contributed by atoms with Gasteiger partial charge in [0.05, 0.1) is 27.7 Å². The smallest absolute Gasteiger partial charge is 0.266 e. The van der Waals surface area contributed by atoms with Gasteiger partial charge < -0.3 is 9.47 Å². The van der Waals surface area contributed by atoms with Crippen LogP contribution in [0.2, 0.25) is 10.0 Å². The maximum Gasteiger partial charge on any atom is 0.266 e. The van der Waals surface area contributed by atoms with Crippen LogP contribution in [0.5, 0.6) is 11.5 Å². The largest absolute Gasteiger partial charge is 0.493 e. The van der Waals surface area contributed by atoms with Crippen LogP contribution in [0, 0.1) is 13.8 Å². The van der Waals surface area contributed by atoms with Crippen LogP contribution in [-0.4, -0.2) is 29.6 Å². The summed E-state index contributed by atoms with van der Waals surface area (Å²) in [6.45, 7) is 6.85. The number of benzene rings is 3. The van der Waals surface area contributed by atoms with Crippen molar-refractivity contribution >= 4 is 57.8 Å². The number of thioether (sulfide) groups is 1. The second-order valence-electron chi connectivity index (χ2n) is 8.24. The van der Waals surface area contributed by atoms with E-state index < -0.39 is 0 Å². The van der Waals surface area contributed by atoms with E-state index in [1.807, 2.05) is 69.3 Å². The predicted octanol–water partition coefficient (Wildman–Crippen LogP) is 7.82. The Morgan fingerprint density at radius 3 is 2.42 bits per heavy atom. The molecule has 1 aliphatic heterocycles. The number of amidine groups is 1. The highest BCUT2D eigenvalue weighted by Gasteiger charge is 2.32. The lowest BCUT2D eigenvalue weighted by atomic mass is 10.1. The van der Waals surface area contributed by atoms with Crippen LogP contribution < -0.4 is 9.47 Å². The molecule has 0 bridgehead atoms. The fourth-order valence-electron chi connectivity index (χ4n) is 3.78. The number of halogens is 2. The van der Waals surface area contributed by atoms with Gasteiger partial charge in [0.1, 0.15) is 6.61 Å². The van der Waals surface area contributed by atoms with Gasteiger partial charge in [0, 0.05) is 6.54 Å². The van der Waals surface area contributed by atoms with E-state index >= 15 is 0 Å². The summed E-state index contributed by atoms with van der Waals surface area (Å²) in [7, 11) is 1.59. The second kappa shape index (κ2) is 11.4. The highest BCUT2D eigenvalue weighted by molar-refractivity contribution is 8.18. The summed E-state index contributed by atoms with van der Waals surface area (Å²) in [5.41, 5.74) is 4.77. The number of ether oxygens (including phenoxy) is 2. The molecule has 3 aromatic carbocycles. The highest BCUT2D eigenvalue weighted by Crippen LogP contribution is 2.37. The first-order valence-corrected chi connectivity index (χ1v) is 13.0. The summed E-state index contributed by atoms with van der Waals surface area (Å²) >= 11 is 13.5. The minimum absolute atomic E-state index is 0.0635. The average molecular weight is 542 g/mol. The summed E-state index contributed by atoms with van der Waals surface area (Å²) in [6, 6.07) is 17.0. The Hall–Kier alpha value is -2.93. The molecule has 0 N–H and O–H groups in total. The third-order valence-electron chi connectivity index (χ3n) is 5.72. The Labute approximate surface area is 225 Å². The third kappa shape index (κ3) is 5.72. The van der Waals surface area contributed by atoms with Crippen LogP contribution in [0.4, 0.5) is 5.69 Å². The molecule has 0 aliphatic carbocycles. The van der Waals surface area contributed by atoms with Gasteiger partial charge in [-0.25, -0.2) is 4.99 Å². The third-order valence-corrected chi connectivity index (χ3v) is 7.46. The Morgan fingerprint density at radius 1 is 1.00 bits per heavy atom. The molecule has 1 aliphatic rings. The first-order valence-electron chi connectivity index (χ1n) is 11.4. The number of amides is 1. The van der Waals surface area contributed by atoms with Crippen LogP contribution in [0.25, 0.3) is 6.08 Å². The number of rotatable bonds is 7. The Kier molecular flexibility index (Phi) is 8.29. The lowest BCUT2D eigenvalue weighted by molar-refractivity contribution is -0.122. The fourth-order valence-corrected chi connectivity index (χ4v) is 5.15. The van der Waals surface area contributed by atoms with E-state index in [1.165, 1.54) is 11.8 Å². The van der Waals surface area contributed by atoms with Crippen molar-refractivity contribution in [1.29, 1.82) is 0 Å². The predicted molar refractivity (Wildman–Crippen MR) is 150 cm³/mol. The van der Waals surface area contributed by atoms with E-state index in [0.717, 1.165) is 27.9 Å². The van der Waals surface area contributed by atoms with Gasteiger partial charge >= 0.3 is 0 Å². The van der Waals surface area contributed by atoms with E-state index in [0.29, 0.717) is 44.8 Å². The number of aliphatic imine (C=N–C) groups is 1. The van der Waals surface area contributed by atoms with E-state index in [-0.39, 0.29) is 5.91 Å². The summed E-state index contributed by atoms with van der Waals surface area (Å²) in [6.07, 6.45) is 1.86. The normalized spacial score (nSPS) is 15.7. The molecule has 8 heteroatoms. The van der Waals surface area contributed by atoms with Crippen LogP contribution in [-0.2, 0) is 11.4 Å². The second-order valence-corrected chi connectivity index (χ2v) is 10.1. The maximum absolute atomic E-state index is 13.1. The van der Waals surface area contributed by atoms with E-state index in [2.05, 4.69) is 0 Å². The lowest BCUT2D eigenvalue weighted by Crippen LogP contribution is -2.28.